The fourth-order valence-corrected chi connectivity index (χ4v) is 4.01. The van der Waals surface area contributed by atoms with Gasteiger partial charge in [-0.25, -0.2) is 8.42 Å². The molecule has 0 saturated carbocycles. The number of hydrogen-bond acceptors (Lipinski definition) is 4. The van der Waals surface area contributed by atoms with Gasteiger partial charge in [0.2, 0.25) is 0 Å². The van der Waals surface area contributed by atoms with E-state index in [1.54, 1.807) is 6.92 Å². The molecule has 21 heavy (non-hydrogen) atoms. The zero-order valence-corrected chi connectivity index (χ0v) is 13.1. The molecule has 0 aliphatic carbocycles. The highest BCUT2D eigenvalue weighted by molar-refractivity contribution is 7.99. The molecule has 0 spiro atoms. The fourth-order valence-electron chi connectivity index (χ4n) is 1.75. The summed E-state index contributed by atoms with van der Waals surface area (Å²) >= 11 is 1.14. The number of nitrogens with zero attached hydrogens (tertiary/aromatic N) is 1. The van der Waals surface area contributed by atoms with Gasteiger partial charge in [0.15, 0.2) is 0 Å². The van der Waals surface area contributed by atoms with Crippen LogP contribution in [0, 0.1) is 17.2 Å². The van der Waals surface area contributed by atoms with Gasteiger partial charge in [0.25, 0.3) is 0 Å². The van der Waals surface area contributed by atoms with Crippen molar-refractivity contribution in [1.29, 1.82) is 5.26 Å². The Kier molecular flexibility index (Phi) is 5.70. The quantitative estimate of drug-likeness (QED) is 0.773. The third-order valence-corrected chi connectivity index (χ3v) is 5.04. The van der Waals surface area contributed by atoms with Gasteiger partial charge in [-0.05, 0) is 24.1 Å². The van der Waals surface area contributed by atoms with E-state index in [1.807, 2.05) is 0 Å². The highest BCUT2D eigenvalue weighted by Gasteiger charge is 2.33. The molecule has 0 fully saturated rings. The van der Waals surface area contributed by atoms with E-state index in [4.69, 9.17) is 5.26 Å². The molecule has 0 N–H and O–H groups in total. The second-order valence-electron chi connectivity index (χ2n) is 4.83. The minimum Gasteiger partial charge on any atom is -0.229 e. The molecule has 0 saturated heterocycles. The molecule has 0 aromatic heterocycles. The van der Waals surface area contributed by atoms with Crippen LogP contribution in [0.25, 0.3) is 0 Å². The highest BCUT2D eigenvalue weighted by atomic mass is 32.2. The summed E-state index contributed by atoms with van der Waals surface area (Å²) in [4.78, 5) is 0.363. The Morgan fingerprint density at radius 1 is 1.38 bits per heavy atom. The Morgan fingerprint density at radius 2 is 2.00 bits per heavy atom. The molecule has 1 rings (SSSR count). The van der Waals surface area contributed by atoms with Crippen LogP contribution in [0.3, 0.4) is 0 Å². The van der Waals surface area contributed by atoms with Crippen molar-refractivity contribution in [2.75, 3.05) is 17.8 Å². The van der Waals surface area contributed by atoms with E-state index in [2.05, 4.69) is 0 Å². The Bertz CT molecular complexity index is 648. The van der Waals surface area contributed by atoms with Gasteiger partial charge in [-0.1, -0.05) is 6.92 Å². The predicted octanol–water partition coefficient (Wildman–Crippen LogP) is 3.35. The first kappa shape index (κ1) is 17.9. The van der Waals surface area contributed by atoms with Crippen molar-refractivity contribution in [1.82, 2.24) is 0 Å². The van der Waals surface area contributed by atoms with Gasteiger partial charge in [-0.15, -0.1) is 11.8 Å². The van der Waals surface area contributed by atoms with Crippen molar-refractivity contribution in [2.45, 2.75) is 18.0 Å². The average molecular weight is 337 g/mol. The number of nitriles is 1. The molecule has 0 aliphatic rings. The Labute approximate surface area is 126 Å². The molecular formula is C13H14F3NO2S2. The summed E-state index contributed by atoms with van der Waals surface area (Å²) < 4.78 is 60.6. The molecule has 0 aliphatic heterocycles. The second kappa shape index (κ2) is 6.71. The first-order valence-corrected chi connectivity index (χ1v) is 8.99. The number of benzene rings is 1. The van der Waals surface area contributed by atoms with E-state index in [0.29, 0.717) is 10.6 Å². The SMILES string of the molecule is CC(CSc1ccc(C#N)c(C(F)(F)F)c1)CS(C)(=O)=O. The van der Waals surface area contributed by atoms with Gasteiger partial charge >= 0.3 is 6.18 Å². The summed E-state index contributed by atoms with van der Waals surface area (Å²) in [5.41, 5.74) is -1.39. The molecule has 8 heteroatoms. The topological polar surface area (TPSA) is 57.9 Å². The van der Waals surface area contributed by atoms with E-state index in [9.17, 15) is 21.6 Å². The number of thioether (sulfide) groups is 1. The summed E-state index contributed by atoms with van der Waals surface area (Å²) in [6, 6.07) is 5.01. The number of halogens is 3. The molecule has 1 aromatic rings. The minimum atomic E-state index is -4.58. The van der Waals surface area contributed by atoms with Crippen LogP contribution in [-0.2, 0) is 16.0 Å². The van der Waals surface area contributed by atoms with Gasteiger partial charge in [0.05, 0.1) is 22.9 Å². The van der Waals surface area contributed by atoms with Crippen LogP contribution in [0.15, 0.2) is 23.1 Å². The van der Waals surface area contributed by atoms with Crippen molar-refractivity contribution >= 4 is 21.6 Å². The van der Waals surface area contributed by atoms with E-state index in [0.717, 1.165) is 30.2 Å². The molecule has 1 aromatic carbocycles. The zero-order valence-electron chi connectivity index (χ0n) is 11.4. The molecule has 116 valence electrons. The summed E-state index contributed by atoms with van der Waals surface area (Å²) in [6.07, 6.45) is -3.46. The van der Waals surface area contributed by atoms with Crippen LogP contribution in [0.1, 0.15) is 18.1 Å². The third-order valence-electron chi connectivity index (χ3n) is 2.54. The Balaban J connectivity index is 2.85. The lowest BCUT2D eigenvalue weighted by atomic mass is 10.1. The summed E-state index contributed by atoms with van der Waals surface area (Å²) in [5.74, 6) is 0.202. The molecule has 1 unspecified atom stereocenters. The summed E-state index contributed by atoms with van der Waals surface area (Å²) in [5, 5.41) is 8.69. The number of alkyl halides is 3. The fraction of sp³-hybridized carbons (Fsp3) is 0.462. The molecule has 0 radical (unpaired) electrons. The molecule has 0 heterocycles. The van der Waals surface area contributed by atoms with Crippen LogP contribution in [0.2, 0.25) is 0 Å². The Morgan fingerprint density at radius 3 is 2.48 bits per heavy atom. The van der Waals surface area contributed by atoms with E-state index < -0.39 is 27.1 Å². The molecule has 1 atom stereocenters. The second-order valence-corrected chi connectivity index (χ2v) is 8.10. The van der Waals surface area contributed by atoms with Gasteiger partial charge in [-0.3, -0.25) is 0 Å². The van der Waals surface area contributed by atoms with Crippen LogP contribution in [-0.4, -0.2) is 26.2 Å². The van der Waals surface area contributed by atoms with Crippen LogP contribution >= 0.6 is 11.8 Å². The van der Waals surface area contributed by atoms with Gasteiger partial charge in [-0.2, -0.15) is 18.4 Å². The molecule has 3 nitrogen and oxygen atoms in total. The minimum absolute atomic E-state index is 0.0115. The van der Waals surface area contributed by atoms with Gasteiger partial charge in [0, 0.05) is 16.9 Å². The zero-order chi connectivity index (χ0) is 16.3. The third kappa shape index (κ3) is 5.98. The van der Waals surface area contributed by atoms with Crippen LogP contribution in [0.4, 0.5) is 13.2 Å². The van der Waals surface area contributed by atoms with Gasteiger partial charge in [0.1, 0.15) is 9.84 Å². The molecule has 0 amide bonds. The van der Waals surface area contributed by atoms with Crippen molar-refractivity contribution in [3.63, 3.8) is 0 Å². The standard InChI is InChI=1S/C13H14F3NO2S2/c1-9(8-21(2,18)19)7-20-11-4-3-10(6-17)12(5-11)13(14,15)16/h3-5,9H,7-8H2,1-2H3. The first-order valence-electron chi connectivity index (χ1n) is 5.95. The number of sulfone groups is 1. The van der Waals surface area contributed by atoms with Crippen molar-refractivity contribution in [3.8, 4) is 6.07 Å². The van der Waals surface area contributed by atoms with Crippen molar-refractivity contribution < 1.29 is 21.6 Å². The van der Waals surface area contributed by atoms with Crippen molar-refractivity contribution in [2.24, 2.45) is 5.92 Å². The van der Waals surface area contributed by atoms with E-state index >= 15 is 0 Å². The maximum atomic E-state index is 12.8. The van der Waals surface area contributed by atoms with Crippen molar-refractivity contribution in [3.05, 3.63) is 29.3 Å². The first-order chi connectivity index (χ1) is 9.53. The number of rotatable bonds is 5. The normalized spacial score (nSPS) is 13.7. The maximum Gasteiger partial charge on any atom is 0.417 e. The summed E-state index contributed by atoms with van der Waals surface area (Å²) in [7, 11) is -3.11. The molecule has 0 bridgehead atoms. The lowest BCUT2D eigenvalue weighted by Crippen LogP contribution is -2.14. The van der Waals surface area contributed by atoms with Gasteiger partial charge < -0.3 is 0 Å². The lowest BCUT2D eigenvalue weighted by Gasteiger charge is -2.12. The largest absolute Gasteiger partial charge is 0.417 e. The van der Waals surface area contributed by atoms with E-state index in [1.165, 1.54) is 12.1 Å². The predicted molar refractivity (Wildman–Crippen MR) is 75.8 cm³/mol. The monoisotopic (exact) mass is 337 g/mol. The summed E-state index contributed by atoms with van der Waals surface area (Å²) in [6.45, 7) is 1.72. The molecular weight excluding hydrogens is 323 g/mol. The van der Waals surface area contributed by atoms with E-state index in [-0.39, 0.29) is 11.7 Å². The maximum absolute atomic E-state index is 12.8. The van der Waals surface area contributed by atoms with Crippen LogP contribution in [0.5, 0.6) is 0 Å². The lowest BCUT2D eigenvalue weighted by molar-refractivity contribution is -0.137. The Hall–Kier alpha value is -1.20. The van der Waals surface area contributed by atoms with Crippen LogP contribution < -0.4 is 0 Å². The highest BCUT2D eigenvalue weighted by Crippen LogP contribution is 2.34. The number of hydrogen-bond donors (Lipinski definition) is 0. The smallest absolute Gasteiger partial charge is 0.229 e. The average Bonchev–Trinajstić information content (AvgIpc) is 2.33.